The molecular formula is C21H19ClFN3O2S. The molecule has 0 aliphatic heterocycles. The van der Waals surface area contributed by atoms with E-state index in [1.807, 2.05) is 12.1 Å². The number of hydrogen-bond donors (Lipinski definition) is 0. The Morgan fingerprint density at radius 1 is 1.28 bits per heavy atom. The topological polar surface area (TPSA) is 55.2 Å². The molecule has 1 heterocycles. The molecule has 0 radical (unpaired) electrons. The molecule has 150 valence electrons. The zero-order valence-corrected chi connectivity index (χ0v) is 17.3. The SMILES string of the molecule is CN(Cc1c(F)cccc1Cl)C(=O)CSc1nc2ccccc2c(=O)n1C1CC1. The van der Waals surface area contributed by atoms with E-state index in [4.69, 9.17) is 11.6 Å². The minimum absolute atomic E-state index is 0.0699. The summed E-state index contributed by atoms with van der Waals surface area (Å²) in [4.78, 5) is 31.5. The van der Waals surface area contributed by atoms with E-state index in [2.05, 4.69) is 4.98 Å². The van der Waals surface area contributed by atoms with Gasteiger partial charge in [0.1, 0.15) is 5.82 Å². The van der Waals surface area contributed by atoms with Gasteiger partial charge in [-0.2, -0.15) is 0 Å². The van der Waals surface area contributed by atoms with Crippen LogP contribution in [0.5, 0.6) is 0 Å². The average molecular weight is 432 g/mol. The first-order valence-corrected chi connectivity index (χ1v) is 10.6. The van der Waals surface area contributed by atoms with Crippen LogP contribution < -0.4 is 5.56 Å². The van der Waals surface area contributed by atoms with E-state index in [9.17, 15) is 14.0 Å². The van der Waals surface area contributed by atoms with Gasteiger partial charge in [-0.3, -0.25) is 14.2 Å². The zero-order chi connectivity index (χ0) is 20.5. The summed E-state index contributed by atoms with van der Waals surface area (Å²) in [6, 6.07) is 11.8. The third kappa shape index (κ3) is 4.16. The van der Waals surface area contributed by atoms with Crippen LogP contribution >= 0.6 is 23.4 Å². The van der Waals surface area contributed by atoms with Gasteiger partial charge in [0.15, 0.2) is 5.16 Å². The zero-order valence-electron chi connectivity index (χ0n) is 15.8. The van der Waals surface area contributed by atoms with Crippen LogP contribution in [0, 0.1) is 5.82 Å². The van der Waals surface area contributed by atoms with Gasteiger partial charge in [0, 0.05) is 30.2 Å². The van der Waals surface area contributed by atoms with Crippen molar-refractivity contribution >= 4 is 40.2 Å². The molecule has 5 nitrogen and oxygen atoms in total. The first kappa shape index (κ1) is 19.9. The van der Waals surface area contributed by atoms with Crippen molar-refractivity contribution in [3.63, 3.8) is 0 Å². The summed E-state index contributed by atoms with van der Waals surface area (Å²) in [5, 5.41) is 1.42. The van der Waals surface area contributed by atoms with E-state index in [0.29, 0.717) is 16.1 Å². The Balaban J connectivity index is 1.53. The number of aromatic nitrogens is 2. The van der Waals surface area contributed by atoms with Crippen molar-refractivity contribution in [1.29, 1.82) is 0 Å². The number of halogens is 2. The number of fused-ring (bicyclic) bond motifs is 1. The minimum Gasteiger partial charge on any atom is -0.341 e. The Morgan fingerprint density at radius 2 is 2.03 bits per heavy atom. The third-order valence-corrected chi connectivity index (χ3v) is 6.19. The lowest BCUT2D eigenvalue weighted by atomic mass is 10.2. The van der Waals surface area contributed by atoms with Crippen LogP contribution in [0.3, 0.4) is 0 Å². The second-order valence-corrected chi connectivity index (χ2v) is 8.41. The van der Waals surface area contributed by atoms with Crippen molar-refractivity contribution in [3.05, 3.63) is 69.2 Å². The number of para-hydroxylation sites is 1. The standard InChI is InChI=1S/C21H19ClFN3O2S/c1-25(11-15-16(22)6-4-7-17(15)23)19(27)12-29-21-24-18-8-3-2-5-14(18)20(28)26(21)13-9-10-13/h2-8,13H,9-12H2,1H3. The van der Waals surface area contributed by atoms with E-state index >= 15 is 0 Å². The predicted molar refractivity (Wildman–Crippen MR) is 113 cm³/mol. The molecule has 1 fully saturated rings. The Morgan fingerprint density at radius 3 is 2.76 bits per heavy atom. The number of nitrogens with zero attached hydrogens (tertiary/aromatic N) is 3. The van der Waals surface area contributed by atoms with Crippen molar-refractivity contribution < 1.29 is 9.18 Å². The van der Waals surface area contributed by atoms with Gasteiger partial charge >= 0.3 is 0 Å². The molecule has 1 aliphatic carbocycles. The molecule has 3 aromatic rings. The fraction of sp³-hybridized carbons (Fsp3) is 0.286. The Hall–Kier alpha value is -2.38. The highest BCUT2D eigenvalue weighted by molar-refractivity contribution is 7.99. The summed E-state index contributed by atoms with van der Waals surface area (Å²) in [5.41, 5.74) is 0.837. The molecule has 0 spiro atoms. The van der Waals surface area contributed by atoms with E-state index in [1.165, 1.54) is 28.8 Å². The quantitative estimate of drug-likeness (QED) is 0.432. The molecule has 1 aliphatic rings. The molecule has 8 heteroatoms. The third-order valence-electron chi connectivity index (χ3n) is 4.89. The smallest absolute Gasteiger partial charge is 0.262 e. The van der Waals surface area contributed by atoms with Crippen molar-refractivity contribution in [1.82, 2.24) is 14.5 Å². The van der Waals surface area contributed by atoms with Crippen LogP contribution in [0.1, 0.15) is 24.4 Å². The molecule has 0 N–H and O–H groups in total. The van der Waals surface area contributed by atoms with Crippen molar-refractivity contribution in [2.75, 3.05) is 12.8 Å². The van der Waals surface area contributed by atoms with Gasteiger partial charge in [0.2, 0.25) is 5.91 Å². The molecule has 0 unspecified atom stereocenters. The normalized spacial score (nSPS) is 13.6. The van der Waals surface area contributed by atoms with Crippen molar-refractivity contribution in [3.8, 4) is 0 Å². The molecule has 1 aromatic heterocycles. The summed E-state index contributed by atoms with van der Waals surface area (Å²) < 4.78 is 15.7. The van der Waals surface area contributed by atoms with E-state index in [1.54, 1.807) is 29.8 Å². The number of carbonyl (C=O) groups excluding carboxylic acids is 1. The maximum atomic E-state index is 14.0. The minimum atomic E-state index is -0.441. The van der Waals surface area contributed by atoms with Crippen molar-refractivity contribution in [2.45, 2.75) is 30.6 Å². The second kappa shape index (κ2) is 8.16. The monoisotopic (exact) mass is 431 g/mol. The largest absolute Gasteiger partial charge is 0.341 e. The molecule has 1 saturated carbocycles. The van der Waals surface area contributed by atoms with E-state index in [-0.39, 0.29) is 40.4 Å². The molecule has 0 atom stereocenters. The first-order valence-electron chi connectivity index (χ1n) is 9.26. The van der Waals surface area contributed by atoms with Crippen molar-refractivity contribution in [2.24, 2.45) is 0 Å². The number of thioether (sulfide) groups is 1. The fourth-order valence-corrected chi connectivity index (χ4v) is 4.36. The molecule has 0 saturated heterocycles. The van der Waals surface area contributed by atoms with Gasteiger partial charge in [-0.25, -0.2) is 9.37 Å². The summed E-state index contributed by atoms with van der Waals surface area (Å²) in [5.74, 6) is -0.539. The highest BCUT2D eigenvalue weighted by atomic mass is 35.5. The van der Waals surface area contributed by atoms with Gasteiger partial charge in [0.25, 0.3) is 5.56 Å². The van der Waals surface area contributed by atoms with Crippen LogP contribution in [-0.2, 0) is 11.3 Å². The van der Waals surface area contributed by atoms with Crippen LogP contribution in [0.25, 0.3) is 10.9 Å². The maximum Gasteiger partial charge on any atom is 0.262 e. The lowest BCUT2D eigenvalue weighted by Gasteiger charge is -2.19. The van der Waals surface area contributed by atoms with Gasteiger partial charge in [-0.1, -0.05) is 41.6 Å². The first-order chi connectivity index (χ1) is 14.0. The van der Waals surface area contributed by atoms with Gasteiger partial charge in [-0.15, -0.1) is 0 Å². The van der Waals surface area contributed by atoms with E-state index < -0.39 is 5.82 Å². The van der Waals surface area contributed by atoms with Crippen LogP contribution in [-0.4, -0.2) is 33.2 Å². The van der Waals surface area contributed by atoms with Gasteiger partial charge in [0.05, 0.1) is 16.7 Å². The lowest BCUT2D eigenvalue weighted by molar-refractivity contribution is -0.127. The van der Waals surface area contributed by atoms with Crippen LogP contribution in [0.15, 0.2) is 52.4 Å². The number of rotatable bonds is 6. The number of benzene rings is 2. The fourth-order valence-electron chi connectivity index (χ4n) is 3.13. The molecule has 2 aromatic carbocycles. The van der Waals surface area contributed by atoms with Crippen LogP contribution in [0.2, 0.25) is 5.02 Å². The number of hydrogen-bond acceptors (Lipinski definition) is 4. The maximum absolute atomic E-state index is 14.0. The molecule has 29 heavy (non-hydrogen) atoms. The number of carbonyl (C=O) groups is 1. The molecular weight excluding hydrogens is 413 g/mol. The predicted octanol–water partition coefficient (Wildman–Crippen LogP) is 4.27. The second-order valence-electron chi connectivity index (χ2n) is 7.06. The summed E-state index contributed by atoms with van der Waals surface area (Å²) in [6.45, 7) is 0.0749. The highest BCUT2D eigenvalue weighted by Crippen LogP contribution is 2.36. The Kier molecular flexibility index (Phi) is 5.61. The number of amides is 1. The Bertz CT molecular complexity index is 1130. The van der Waals surface area contributed by atoms with E-state index in [0.717, 1.165) is 12.8 Å². The van der Waals surface area contributed by atoms with Gasteiger partial charge in [-0.05, 0) is 37.1 Å². The summed E-state index contributed by atoms with van der Waals surface area (Å²) >= 11 is 7.29. The molecule has 1 amide bonds. The highest BCUT2D eigenvalue weighted by Gasteiger charge is 2.29. The Labute approximate surface area is 176 Å². The average Bonchev–Trinajstić information content (AvgIpc) is 3.54. The van der Waals surface area contributed by atoms with Crippen LogP contribution in [0.4, 0.5) is 4.39 Å². The summed E-state index contributed by atoms with van der Waals surface area (Å²) in [7, 11) is 1.60. The summed E-state index contributed by atoms with van der Waals surface area (Å²) in [6.07, 6.45) is 1.88. The molecule has 4 rings (SSSR count). The van der Waals surface area contributed by atoms with Gasteiger partial charge < -0.3 is 4.90 Å². The molecule has 0 bridgehead atoms. The lowest BCUT2D eigenvalue weighted by Crippen LogP contribution is -2.29.